The average molecular weight is 307 g/mol. The Morgan fingerprint density at radius 2 is 2.30 bits per heavy atom. The quantitative estimate of drug-likeness (QED) is 0.664. The van der Waals surface area contributed by atoms with E-state index in [4.69, 9.17) is 17.4 Å². The Morgan fingerprint density at radius 3 is 3.10 bits per heavy atom. The largest absolute Gasteiger partial charge is 0.271 e. The van der Waals surface area contributed by atoms with Crippen LogP contribution in [0.1, 0.15) is 34.8 Å². The zero-order valence-electron chi connectivity index (χ0n) is 11.3. The van der Waals surface area contributed by atoms with E-state index in [2.05, 4.69) is 22.9 Å². The highest BCUT2D eigenvalue weighted by molar-refractivity contribution is 7.10. The molecule has 1 aromatic carbocycles. The third-order valence-corrected chi connectivity index (χ3v) is 5.37. The number of nitrogens with two attached hydrogens (primary N) is 1. The van der Waals surface area contributed by atoms with Crippen molar-refractivity contribution in [3.05, 3.63) is 56.7 Å². The maximum absolute atomic E-state index is 6.07. The topological polar surface area (TPSA) is 38.0 Å². The molecule has 2 nitrogen and oxygen atoms in total. The van der Waals surface area contributed by atoms with E-state index in [1.165, 1.54) is 35.3 Å². The summed E-state index contributed by atoms with van der Waals surface area (Å²) in [6, 6.07) is 10.6. The lowest BCUT2D eigenvalue weighted by Gasteiger charge is -2.30. The second-order valence-electron chi connectivity index (χ2n) is 5.41. The summed E-state index contributed by atoms with van der Waals surface area (Å²) in [7, 11) is 0. The smallest absolute Gasteiger partial charge is 0.0408 e. The molecule has 2 unspecified atom stereocenters. The molecule has 0 bridgehead atoms. The van der Waals surface area contributed by atoms with Crippen LogP contribution in [0.5, 0.6) is 0 Å². The first-order valence-corrected chi connectivity index (χ1v) is 8.30. The molecule has 1 aromatic heterocycles. The Bertz CT molecular complexity index is 581. The van der Waals surface area contributed by atoms with Crippen LogP contribution in [0.4, 0.5) is 0 Å². The number of hydrogen-bond donors (Lipinski definition) is 2. The number of fused-ring (bicyclic) bond motifs is 1. The molecule has 0 radical (unpaired) electrons. The highest BCUT2D eigenvalue weighted by Crippen LogP contribution is 2.37. The number of aryl methyl sites for hydroxylation is 1. The fourth-order valence-corrected chi connectivity index (χ4v) is 4.38. The van der Waals surface area contributed by atoms with Crippen LogP contribution in [-0.2, 0) is 12.8 Å². The number of hydrazine groups is 1. The third kappa shape index (κ3) is 2.91. The van der Waals surface area contributed by atoms with Crippen molar-refractivity contribution in [3.63, 3.8) is 0 Å². The molecule has 3 rings (SSSR count). The molecule has 0 saturated heterocycles. The summed E-state index contributed by atoms with van der Waals surface area (Å²) < 4.78 is 0. The molecular formula is C16H19ClN2S. The molecule has 0 saturated carbocycles. The van der Waals surface area contributed by atoms with Gasteiger partial charge in [-0.2, -0.15) is 0 Å². The van der Waals surface area contributed by atoms with Gasteiger partial charge in [0.05, 0.1) is 0 Å². The number of rotatable bonds is 4. The van der Waals surface area contributed by atoms with Gasteiger partial charge in [-0.3, -0.25) is 11.3 Å². The second-order valence-corrected chi connectivity index (χ2v) is 6.84. The molecule has 0 spiro atoms. The lowest BCUT2D eigenvalue weighted by atomic mass is 9.80. The van der Waals surface area contributed by atoms with E-state index in [-0.39, 0.29) is 6.04 Å². The number of hydrogen-bond acceptors (Lipinski definition) is 3. The van der Waals surface area contributed by atoms with E-state index >= 15 is 0 Å². The Labute approximate surface area is 128 Å². The zero-order valence-corrected chi connectivity index (χ0v) is 12.9. The van der Waals surface area contributed by atoms with Crippen molar-refractivity contribution < 1.29 is 0 Å². The van der Waals surface area contributed by atoms with Gasteiger partial charge in [0.15, 0.2) is 0 Å². The van der Waals surface area contributed by atoms with E-state index < -0.39 is 0 Å². The predicted molar refractivity (Wildman–Crippen MR) is 86.3 cm³/mol. The Hall–Kier alpha value is -0.870. The molecular weight excluding hydrogens is 288 g/mol. The van der Waals surface area contributed by atoms with Crippen molar-refractivity contribution in [2.24, 2.45) is 5.84 Å². The van der Waals surface area contributed by atoms with Crippen LogP contribution < -0.4 is 11.3 Å². The fraction of sp³-hybridized carbons (Fsp3) is 0.375. The van der Waals surface area contributed by atoms with E-state index in [1.807, 2.05) is 29.5 Å². The maximum atomic E-state index is 6.07. The molecule has 4 heteroatoms. The molecule has 2 atom stereocenters. The van der Waals surface area contributed by atoms with Crippen LogP contribution in [0.3, 0.4) is 0 Å². The first-order chi connectivity index (χ1) is 9.78. The van der Waals surface area contributed by atoms with Crippen LogP contribution in [0, 0.1) is 0 Å². The molecule has 1 aliphatic rings. The number of thiophene rings is 1. The average Bonchev–Trinajstić information content (AvgIpc) is 2.93. The van der Waals surface area contributed by atoms with Crippen LogP contribution in [0.25, 0.3) is 0 Å². The van der Waals surface area contributed by atoms with Crippen molar-refractivity contribution in [2.75, 3.05) is 0 Å². The first-order valence-electron chi connectivity index (χ1n) is 7.05. The van der Waals surface area contributed by atoms with E-state index in [0.29, 0.717) is 5.92 Å². The Kier molecular flexibility index (Phi) is 4.41. The normalized spacial score (nSPS) is 19.6. The number of halogens is 1. The van der Waals surface area contributed by atoms with Gasteiger partial charge in [-0.1, -0.05) is 23.7 Å². The van der Waals surface area contributed by atoms with Gasteiger partial charge in [0.1, 0.15) is 0 Å². The summed E-state index contributed by atoms with van der Waals surface area (Å²) >= 11 is 7.95. The van der Waals surface area contributed by atoms with Gasteiger partial charge in [0, 0.05) is 21.9 Å². The highest BCUT2D eigenvalue weighted by Gasteiger charge is 2.28. The number of nitrogens with one attached hydrogen (secondary N) is 1. The van der Waals surface area contributed by atoms with E-state index in [0.717, 1.165) is 11.4 Å². The van der Waals surface area contributed by atoms with Crippen LogP contribution in [-0.4, -0.2) is 6.04 Å². The summed E-state index contributed by atoms with van der Waals surface area (Å²) in [6.45, 7) is 0. The van der Waals surface area contributed by atoms with Crippen LogP contribution in [0.2, 0.25) is 5.02 Å². The lowest BCUT2D eigenvalue weighted by molar-refractivity contribution is 0.397. The molecule has 20 heavy (non-hydrogen) atoms. The maximum Gasteiger partial charge on any atom is 0.0408 e. The van der Waals surface area contributed by atoms with Gasteiger partial charge < -0.3 is 0 Å². The van der Waals surface area contributed by atoms with E-state index in [9.17, 15) is 0 Å². The molecule has 2 aromatic rings. The molecule has 1 heterocycles. The SMILES string of the molecule is NNC(Cc1cccc(Cl)c1)C1CCCc2sccc21. The van der Waals surface area contributed by atoms with Gasteiger partial charge >= 0.3 is 0 Å². The van der Waals surface area contributed by atoms with Crippen molar-refractivity contribution in [1.82, 2.24) is 5.43 Å². The standard InChI is InChI=1S/C16H19ClN2S/c17-12-4-1-3-11(9-12)10-15(19-18)13-5-2-6-16-14(13)7-8-20-16/h1,3-4,7-9,13,15,19H,2,5-6,10,18H2. The summed E-state index contributed by atoms with van der Waals surface area (Å²) in [4.78, 5) is 1.53. The van der Waals surface area contributed by atoms with Crippen LogP contribution >= 0.6 is 22.9 Å². The molecule has 0 amide bonds. The fourth-order valence-electron chi connectivity index (χ4n) is 3.18. The third-order valence-electron chi connectivity index (χ3n) is 4.14. The number of benzene rings is 1. The van der Waals surface area contributed by atoms with Crippen LogP contribution in [0.15, 0.2) is 35.7 Å². The Balaban J connectivity index is 1.81. The van der Waals surface area contributed by atoms with Crippen molar-refractivity contribution in [1.29, 1.82) is 0 Å². The highest BCUT2D eigenvalue weighted by atomic mass is 35.5. The van der Waals surface area contributed by atoms with Gasteiger partial charge in [-0.15, -0.1) is 11.3 Å². The summed E-state index contributed by atoms with van der Waals surface area (Å²) in [5.74, 6) is 6.34. The zero-order chi connectivity index (χ0) is 13.9. The first kappa shape index (κ1) is 14.1. The van der Waals surface area contributed by atoms with Crippen molar-refractivity contribution >= 4 is 22.9 Å². The summed E-state index contributed by atoms with van der Waals surface area (Å²) in [5.41, 5.74) is 5.76. The molecule has 106 valence electrons. The predicted octanol–water partition coefficient (Wildman–Crippen LogP) is 3.90. The van der Waals surface area contributed by atoms with Crippen molar-refractivity contribution in [2.45, 2.75) is 37.6 Å². The van der Waals surface area contributed by atoms with Crippen molar-refractivity contribution in [3.8, 4) is 0 Å². The lowest BCUT2D eigenvalue weighted by Crippen LogP contribution is -2.42. The second kappa shape index (κ2) is 6.27. The summed E-state index contributed by atoms with van der Waals surface area (Å²) in [5, 5.41) is 2.99. The van der Waals surface area contributed by atoms with Gasteiger partial charge in [-0.05, 0) is 60.4 Å². The monoisotopic (exact) mass is 306 g/mol. The minimum absolute atomic E-state index is 0.266. The summed E-state index contributed by atoms with van der Waals surface area (Å²) in [6.07, 6.45) is 4.60. The van der Waals surface area contributed by atoms with E-state index in [1.54, 1.807) is 0 Å². The molecule has 1 aliphatic carbocycles. The minimum Gasteiger partial charge on any atom is -0.271 e. The van der Waals surface area contributed by atoms with Gasteiger partial charge in [0.2, 0.25) is 0 Å². The molecule has 3 N–H and O–H groups in total. The molecule has 0 aliphatic heterocycles. The minimum atomic E-state index is 0.266. The van der Waals surface area contributed by atoms with Gasteiger partial charge in [-0.25, -0.2) is 0 Å². The van der Waals surface area contributed by atoms with Gasteiger partial charge in [0.25, 0.3) is 0 Å². The molecule has 0 fully saturated rings. The Morgan fingerprint density at radius 1 is 1.40 bits per heavy atom.